The van der Waals surface area contributed by atoms with Gasteiger partial charge in [-0.2, -0.15) is 0 Å². The van der Waals surface area contributed by atoms with Gasteiger partial charge in [0.1, 0.15) is 0 Å². The molecule has 0 fully saturated rings. The maximum Gasteiger partial charge on any atom is 0.0961 e. The fourth-order valence-corrected chi connectivity index (χ4v) is 3.23. The second-order valence-electron chi connectivity index (χ2n) is 6.66. The van der Waals surface area contributed by atoms with E-state index in [-0.39, 0.29) is 5.92 Å². The van der Waals surface area contributed by atoms with E-state index >= 15 is 0 Å². The molecule has 0 amide bonds. The maximum absolute atomic E-state index is 5.88. The summed E-state index contributed by atoms with van der Waals surface area (Å²) in [4.78, 5) is 4.62. The SMILES string of the molecule is C/C=C(\N=C(C)N)C(CC(C)c1ccccc1)c1ccc(CC)cc1. The van der Waals surface area contributed by atoms with Crippen LogP contribution in [0.2, 0.25) is 0 Å². The molecule has 0 aliphatic carbocycles. The monoisotopic (exact) mass is 334 g/mol. The van der Waals surface area contributed by atoms with E-state index in [2.05, 4.69) is 79.5 Å². The number of aryl methyl sites for hydroxylation is 1. The summed E-state index contributed by atoms with van der Waals surface area (Å²) in [5.41, 5.74) is 11.0. The van der Waals surface area contributed by atoms with Gasteiger partial charge in [0.25, 0.3) is 0 Å². The van der Waals surface area contributed by atoms with Crippen LogP contribution in [0.4, 0.5) is 0 Å². The Hall–Kier alpha value is -2.35. The zero-order chi connectivity index (χ0) is 18.2. The largest absolute Gasteiger partial charge is 0.387 e. The second-order valence-corrected chi connectivity index (χ2v) is 6.66. The third kappa shape index (κ3) is 5.32. The molecule has 0 saturated heterocycles. The predicted molar refractivity (Wildman–Crippen MR) is 109 cm³/mol. The summed E-state index contributed by atoms with van der Waals surface area (Å²) in [5.74, 6) is 1.29. The third-order valence-corrected chi connectivity index (χ3v) is 4.71. The number of nitrogens with two attached hydrogens (primary N) is 1. The maximum atomic E-state index is 5.88. The minimum atomic E-state index is 0.240. The number of allylic oxidation sites excluding steroid dienone is 2. The highest BCUT2D eigenvalue weighted by molar-refractivity contribution is 5.78. The van der Waals surface area contributed by atoms with E-state index in [1.54, 1.807) is 0 Å². The smallest absolute Gasteiger partial charge is 0.0961 e. The Morgan fingerprint density at radius 3 is 2.20 bits per heavy atom. The first-order valence-electron chi connectivity index (χ1n) is 9.15. The lowest BCUT2D eigenvalue weighted by molar-refractivity contribution is 0.605. The zero-order valence-corrected chi connectivity index (χ0v) is 15.9. The van der Waals surface area contributed by atoms with Crippen LogP contribution in [0.25, 0.3) is 0 Å². The van der Waals surface area contributed by atoms with Crippen LogP contribution in [-0.2, 0) is 6.42 Å². The highest BCUT2D eigenvalue weighted by atomic mass is 14.9. The number of nitrogens with zero attached hydrogens (tertiary/aromatic N) is 1. The van der Waals surface area contributed by atoms with Crippen LogP contribution in [0, 0.1) is 0 Å². The fourth-order valence-electron chi connectivity index (χ4n) is 3.23. The average molecular weight is 335 g/mol. The zero-order valence-electron chi connectivity index (χ0n) is 15.9. The van der Waals surface area contributed by atoms with E-state index < -0.39 is 0 Å². The van der Waals surface area contributed by atoms with Gasteiger partial charge in [0.05, 0.1) is 5.84 Å². The molecule has 2 atom stereocenters. The van der Waals surface area contributed by atoms with Crippen molar-refractivity contribution in [3.63, 3.8) is 0 Å². The van der Waals surface area contributed by atoms with Crippen LogP contribution < -0.4 is 5.73 Å². The Balaban J connectivity index is 2.35. The van der Waals surface area contributed by atoms with Gasteiger partial charge in [-0.15, -0.1) is 0 Å². The molecule has 0 heterocycles. The van der Waals surface area contributed by atoms with Crippen molar-refractivity contribution in [1.82, 2.24) is 0 Å². The Bertz CT molecular complexity index is 708. The van der Waals surface area contributed by atoms with Crippen LogP contribution in [0.3, 0.4) is 0 Å². The number of amidine groups is 1. The van der Waals surface area contributed by atoms with E-state index in [0.717, 1.165) is 18.5 Å². The summed E-state index contributed by atoms with van der Waals surface area (Å²) in [7, 11) is 0. The number of hydrogen-bond donors (Lipinski definition) is 1. The van der Waals surface area contributed by atoms with Gasteiger partial charge < -0.3 is 5.73 Å². The molecule has 0 radical (unpaired) electrons. The summed E-state index contributed by atoms with van der Waals surface area (Å²) >= 11 is 0. The first-order chi connectivity index (χ1) is 12.0. The molecule has 0 aliphatic rings. The van der Waals surface area contributed by atoms with E-state index in [4.69, 9.17) is 5.73 Å². The summed E-state index contributed by atoms with van der Waals surface area (Å²) in [6.45, 7) is 8.36. The molecule has 2 aromatic carbocycles. The molecule has 0 saturated carbocycles. The first kappa shape index (κ1) is 19.0. The van der Waals surface area contributed by atoms with Crippen molar-refractivity contribution in [1.29, 1.82) is 0 Å². The van der Waals surface area contributed by atoms with Crippen molar-refractivity contribution < 1.29 is 0 Å². The van der Waals surface area contributed by atoms with Gasteiger partial charge in [-0.3, -0.25) is 0 Å². The van der Waals surface area contributed by atoms with Gasteiger partial charge in [-0.05, 0) is 49.3 Å². The number of rotatable bonds is 7. The molecule has 2 unspecified atom stereocenters. The minimum Gasteiger partial charge on any atom is -0.387 e. The van der Waals surface area contributed by atoms with Crippen LogP contribution in [0.15, 0.2) is 71.4 Å². The standard InChI is InChI=1S/C23H30N2/c1-5-19-12-14-21(15-13-19)22(23(6-2)25-18(4)24)16-17(3)20-10-8-7-9-11-20/h6-15,17,22H,5,16H2,1-4H3,(H2,24,25)/b23-6-. The van der Waals surface area contributed by atoms with Gasteiger partial charge in [0.2, 0.25) is 0 Å². The Morgan fingerprint density at radius 2 is 1.68 bits per heavy atom. The molecule has 25 heavy (non-hydrogen) atoms. The molecule has 2 nitrogen and oxygen atoms in total. The van der Waals surface area contributed by atoms with Crippen LogP contribution in [0.5, 0.6) is 0 Å². The summed E-state index contributed by atoms with van der Waals surface area (Å²) in [6.07, 6.45) is 4.15. The highest BCUT2D eigenvalue weighted by Gasteiger charge is 2.20. The van der Waals surface area contributed by atoms with Crippen LogP contribution in [0.1, 0.15) is 62.6 Å². The molecule has 0 bridgehead atoms. The van der Waals surface area contributed by atoms with Gasteiger partial charge in [0, 0.05) is 11.6 Å². The number of benzene rings is 2. The predicted octanol–water partition coefficient (Wildman–Crippen LogP) is 5.81. The highest BCUT2D eigenvalue weighted by Crippen LogP contribution is 2.35. The molecule has 0 spiro atoms. The molecule has 0 aliphatic heterocycles. The second kappa shape index (κ2) is 9.22. The summed E-state index contributed by atoms with van der Waals surface area (Å²) < 4.78 is 0. The van der Waals surface area contributed by atoms with Crippen molar-refractivity contribution >= 4 is 5.84 Å². The Morgan fingerprint density at radius 1 is 1.04 bits per heavy atom. The molecule has 2 aromatic rings. The Kier molecular flexibility index (Phi) is 7.00. The van der Waals surface area contributed by atoms with Gasteiger partial charge >= 0.3 is 0 Å². The molecule has 0 aromatic heterocycles. The molecular formula is C23H30N2. The van der Waals surface area contributed by atoms with Crippen molar-refractivity contribution in [3.05, 3.63) is 83.1 Å². The normalized spacial score (nSPS) is 15.0. The summed E-state index contributed by atoms with van der Waals surface area (Å²) in [6, 6.07) is 19.6. The Labute approximate surface area is 152 Å². The first-order valence-corrected chi connectivity index (χ1v) is 9.15. The molecule has 2 N–H and O–H groups in total. The van der Waals surface area contributed by atoms with Gasteiger partial charge in [-0.25, -0.2) is 4.99 Å². The van der Waals surface area contributed by atoms with Crippen molar-refractivity contribution in [2.75, 3.05) is 0 Å². The van der Waals surface area contributed by atoms with Crippen molar-refractivity contribution in [3.8, 4) is 0 Å². The van der Waals surface area contributed by atoms with E-state index in [9.17, 15) is 0 Å². The van der Waals surface area contributed by atoms with Crippen LogP contribution in [-0.4, -0.2) is 5.84 Å². The number of hydrogen-bond acceptors (Lipinski definition) is 1. The van der Waals surface area contributed by atoms with Crippen molar-refractivity contribution in [2.24, 2.45) is 10.7 Å². The topological polar surface area (TPSA) is 38.4 Å². The number of aliphatic imine (C=N–C) groups is 1. The van der Waals surface area contributed by atoms with E-state index in [0.29, 0.717) is 11.8 Å². The van der Waals surface area contributed by atoms with E-state index in [1.807, 2.05) is 13.8 Å². The molecular weight excluding hydrogens is 304 g/mol. The van der Waals surface area contributed by atoms with Gasteiger partial charge in [0.15, 0.2) is 0 Å². The third-order valence-electron chi connectivity index (χ3n) is 4.71. The lowest BCUT2D eigenvalue weighted by atomic mass is 9.83. The lowest BCUT2D eigenvalue weighted by Gasteiger charge is -2.23. The quantitative estimate of drug-likeness (QED) is 0.504. The molecule has 132 valence electrons. The molecule has 2 heteroatoms. The minimum absolute atomic E-state index is 0.240. The lowest BCUT2D eigenvalue weighted by Crippen LogP contribution is -2.11. The molecule has 2 rings (SSSR count). The van der Waals surface area contributed by atoms with Crippen LogP contribution >= 0.6 is 0 Å². The van der Waals surface area contributed by atoms with Crippen molar-refractivity contribution in [2.45, 2.75) is 52.4 Å². The average Bonchev–Trinajstić information content (AvgIpc) is 2.65. The van der Waals surface area contributed by atoms with Gasteiger partial charge in [-0.1, -0.05) is 74.5 Å². The fraction of sp³-hybridized carbons (Fsp3) is 0.348. The summed E-state index contributed by atoms with van der Waals surface area (Å²) in [5, 5.41) is 0. The van der Waals surface area contributed by atoms with E-state index in [1.165, 1.54) is 16.7 Å².